The Morgan fingerprint density at radius 3 is 2.78 bits per heavy atom. The van der Waals surface area contributed by atoms with Crippen LogP contribution in [0.2, 0.25) is 5.28 Å². The number of benzene rings is 1. The van der Waals surface area contributed by atoms with Crippen molar-refractivity contribution in [3.05, 3.63) is 47.9 Å². The van der Waals surface area contributed by atoms with Crippen LogP contribution in [0.15, 0.2) is 42.6 Å². The highest BCUT2D eigenvalue weighted by Crippen LogP contribution is 2.46. The predicted octanol–water partition coefficient (Wildman–Crippen LogP) is 2.62. The number of nitrogen functional groups attached to an aromatic ring is 1. The van der Waals surface area contributed by atoms with Gasteiger partial charge in [0.25, 0.3) is 0 Å². The maximum Gasteiger partial charge on any atom is 0.459 e. The summed E-state index contributed by atoms with van der Waals surface area (Å²) in [6.45, 7) is 0.862. The molecule has 1 aliphatic heterocycles. The van der Waals surface area contributed by atoms with E-state index in [0.717, 1.165) is 0 Å². The molecule has 3 aromatic rings. The molecule has 36 heavy (non-hydrogen) atoms. The van der Waals surface area contributed by atoms with Crippen LogP contribution >= 0.6 is 19.3 Å². The summed E-state index contributed by atoms with van der Waals surface area (Å²) in [6, 6.07) is 8.58. The third kappa shape index (κ3) is 5.46. The molecule has 2 aromatic heterocycles. The van der Waals surface area contributed by atoms with Gasteiger partial charge in [-0.2, -0.15) is 10.1 Å². The zero-order valence-electron chi connectivity index (χ0n) is 19.2. The Balaban J connectivity index is 1.52. The lowest BCUT2D eigenvalue weighted by Crippen LogP contribution is -2.36. The molecule has 194 valence electrons. The number of carbonyl (C=O) groups excluding carboxylic acids is 1. The molecule has 4 unspecified atom stereocenters. The summed E-state index contributed by atoms with van der Waals surface area (Å²) < 4.78 is 51.3. The lowest BCUT2D eigenvalue weighted by molar-refractivity contribution is -0.142. The Labute approximate surface area is 210 Å². The molecule has 1 aromatic carbocycles. The number of hydrogen-bond acceptors (Lipinski definition) is 10. The smallest absolute Gasteiger partial charge is 0.459 e. The van der Waals surface area contributed by atoms with Gasteiger partial charge in [0.05, 0.1) is 19.1 Å². The number of nitrogens with one attached hydrogen (secondary N) is 1. The van der Waals surface area contributed by atoms with Gasteiger partial charge in [-0.25, -0.2) is 13.9 Å². The average molecular weight is 544 g/mol. The van der Waals surface area contributed by atoms with E-state index in [1.165, 1.54) is 36.9 Å². The maximum absolute atomic E-state index is 15.1. The largest absolute Gasteiger partial charge is 0.468 e. The number of carbonyl (C=O) groups is 1. The predicted molar refractivity (Wildman–Crippen MR) is 127 cm³/mol. The van der Waals surface area contributed by atoms with Crippen LogP contribution in [0.3, 0.4) is 0 Å². The van der Waals surface area contributed by atoms with Gasteiger partial charge in [0.15, 0.2) is 12.4 Å². The van der Waals surface area contributed by atoms with Crippen LogP contribution in [-0.2, 0) is 23.4 Å². The summed E-state index contributed by atoms with van der Waals surface area (Å²) in [5, 5.41) is 13.3. The fraction of sp³-hybridized carbons (Fsp3) is 0.381. The first kappa shape index (κ1) is 26.3. The number of ether oxygens (including phenoxy) is 2. The van der Waals surface area contributed by atoms with E-state index >= 15 is 4.39 Å². The molecule has 15 heteroatoms. The van der Waals surface area contributed by atoms with Crippen molar-refractivity contribution in [2.45, 2.75) is 37.6 Å². The zero-order chi connectivity index (χ0) is 26.0. The molecule has 0 saturated carbocycles. The highest BCUT2D eigenvalue weighted by Gasteiger charge is 2.47. The first-order valence-electron chi connectivity index (χ1n) is 10.7. The number of para-hydroxylation sites is 1. The van der Waals surface area contributed by atoms with Gasteiger partial charge in [-0.1, -0.05) is 18.2 Å². The molecule has 1 fully saturated rings. The molecule has 0 bridgehead atoms. The Morgan fingerprint density at radius 2 is 2.08 bits per heavy atom. The first-order chi connectivity index (χ1) is 17.1. The molecule has 0 aliphatic carbocycles. The van der Waals surface area contributed by atoms with E-state index in [-0.39, 0.29) is 22.5 Å². The summed E-state index contributed by atoms with van der Waals surface area (Å²) in [5.74, 6) is -0.425. The lowest BCUT2D eigenvalue weighted by Gasteiger charge is -2.24. The fourth-order valence-electron chi connectivity index (χ4n) is 3.65. The standard InChI is InChI=1S/C21H24ClFN5O7P/c1-11(20(30)32-2)27-36(31,35-12-6-4-3-5-7-12)33-10-14-16(29)15(23)19(34-14)28-9-8-13-17(24)25-21(22)26-18(13)28/h3-9,11,14-16,19,29H,10H2,1-2H3,(H,27,31)(H2,24,25,26)/t11?,14-,15?,16?,19-,36?/m1/s1. The van der Waals surface area contributed by atoms with Gasteiger partial charge in [-0.3, -0.25) is 9.32 Å². The number of aliphatic hydroxyl groups excluding tert-OH is 1. The van der Waals surface area contributed by atoms with Gasteiger partial charge in [0.1, 0.15) is 35.5 Å². The quantitative estimate of drug-likeness (QED) is 0.207. The van der Waals surface area contributed by atoms with E-state index in [4.69, 9.17) is 31.1 Å². The number of methoxy groups -OCH3 is 1. The van der Waals surface area contributed by atoms with Gasteiger partial charge in [0, 0.05) is 6.20 Å². The molecule has 4 rings (SSSR count). The molecule has 1 saturated heterocycles. The van der Waals surface area contributed by atoms with Crippen LogP contribution in [0.1, 0.15) is 13.2 Å². The lowest BCUT2D eigenvalue weighted by atomic mass is 10.1. The van der Waals surface area contributed by atoms with Crippen molar-refractivity contribution in [1.82, 2.24) is 19.6 Å². The molecule has 3 heterocycles. The molecule has 4 N–H and O–H groups in total. The van der Waals surface area contributed by atoms with Crippen molar-refractivity contribution in [3.63, 3.8) is 0 Å². The summed E-state index contributed by atoms with van der Waals surface area (Å²) in [7, 11) is -3.05. The van der Waals surface area contributed by atoms with Crippen molar-refractivity contribution in [2.24, 2.45) is 0 Å². The Hall–Kier alpha value is -2.80. The Bertz CT molecular complexity index is 1280. The molecule has 12 nitrogen and oxygen atoms in total. The Morgan fingerprint density at radius 1 is 1.36 bits per heavy atom. The summed E-state index contributed by atoms with van der Waals surface area (Å²) in [5.41, 5.74) is 6.06. The summed E-state index contributed by atoms with van der Waals surface area (Å²) in [4.78, 5) is 19.8. The fourth-order valence-corrected chi connectivity index (χ4v) is 5.32. The van der Waals surface area contributed by atoms with E-state index < -0.39 is 51.0 Å². The number of esters is 1. The van der Waals surface area contributed by atoms with Gasteiger partial charge in [-0.15, -0.1) is 0 Å². The molecular weight excluding hydrogens is 520 g/mol. The highest BCUT2D eigenvalue weighted by molar-refractivity contribution is 7.52. The van der Waals surface area contributed by atoms with Crippen LogP contribution in [0, 0.1) is 0 Å². The Kier molecular flexibility index (Phi) is 7.79. The normalized spacial score (nSPS) is 24.4. The first-order valence-corrected chi connectivity index (χ1v) is 12.7. The molecule has 0 spiro atoms. The second-order valence-corrected chi connectivity index (χ2v) is 9.94. The number of aliphatic hydroxyl groups is 1. The zero-order valence-corrected chi connectivity index (χ0v) is 20.8. The van der Waals surface area contributed by atoms with Crippen LogP contribution in [0.5, 0.6) is 5.75 Å². The number of aromatic nitrogens is 3. The van der Waals surface area contributed by atoms with Crippen molar-refractivity contribution >= 4 is 42.2 Å². The molecule has 6 atom stereocenters. The van der Waals surface area contributed by atoms with Crippen molar-refractivity contribution in [3.8, 4) is 5.75 Å². The van der Waals surface area contributed by atoms with Gasteiger partial charge < -0.3 is 29.4 Å². The summed E-state index contributed by atoms with van der Waals surface area (Å²) in [6.07, 6.45) is -4.64. The van der Waals surface area contributed by atoms with E-state index in [0.29, 0.717) is 5.39 Å². The number of anilines is 1. The van der Waals surface area contributed by atoms with E-state index in [9.17, 15) is 14.5 Å². The highest BCUT2D eigenvalue weighted by atomic mass is 35.5. The number of halogens is 2. The number of hydrogen-bond donors (Lipinski definition) is 3. The molecular formula is C21H24ClFN5O7P. The maximum atomic E-state index is 15.1. The monoisotopic (exact) mass is 543 g/mol. The van der Waals surface area contributed by atoms with E-state index in [2.05, 4.69) is 19.8 Å². The second-order valence-electron chi connectivity index (χ2n) is 7.91. The van der Waals surface area contributed by atoms with Crippen LogP contribution in [0.4, 0.5) is 10.2 Å². The third-order valence-corrected chi connectivity index (χ3v) is 7.24. The third-order valence-electron chi connectivity index (χ3n) is 5.43. The number of nitrogens with two attached hydrogens (primary N) is 1. The SMILES string of the molecule is COC(=O)C(C)NP(=O)(OC[C@H]1O[C@@H](n2ccc3c(N)nc(Cl)nc32)C(F)C1O)Oc1ccccc1. The van der Waals surface area contributed by atoms with Crippen molar-refractivity contribution in [2.75, 3.05) is 19.5 Å². The van der Waals surface area contributed by atoms with E-state index in [1.54, 1.807) is 24.3 Å². The molecule has 0 amide bonds. The minimum atomic E-state index is -4.22. The molecule has 0 radical (unpaired) electrons. The van der Waals surface area contributed by atoms with Gasteiger partial charge in [0.2, 0.25) is 5.28 Å². The minimum absolute atomic E-state index is 0.0994. The van der Waals surface area contributed by atoms with Crippen LogP contribution in [0.25, 0.3) is 11.0 Å². The summed E-state index contributed by atoms with van der Waals surface area (Å²) >= 11 is 5.89. The van der Waals surface area contributed by atoms with E-state index in [1.807, 2.05) is 0 Å². The van der Waals surface area contributed by atoms with Crippen molar-refractivity contribution < 1.29 is 37.4 Å². The van der Waals surface area contributed by atoms with Crippen molar-refractivity contribution in [1.29, 1.82) is 0 Å². The van der Waals surface area contributed by atoms with Gasteiger partial charge >= 0.3 is 13.7 Å². The second kappa shape index (κ2) is 10.7. The molecule has 1 aliphatic rings. The number of fused-ring (bicyclic) bond motifs is 1. The topological polar surface area (TPSA) is 160 Å². The number of rotatable bonds is 9. The number of nitrogens with zero attached hydrogens (tertiary/aromatic N) is 3. The minimum Gasteiger partial charge on any atom is -0.468 e. The number of alkyl halides is 1. The average Bonchev–Trinajstić information content (AvgIpc) is 3.38. The van der Waals surface area contributed by atoms with Gasteiger partial charge in [-0.05, 0) is 36.7 Å². The van der Waals surface area contributed by atoms with Crippen LogP contribution in [-0.4, -0.2) is 63.7 Å². The van der Waals surface area contributed by atoms with Crippen LogP contribution < -0.4 is 15.3 Å².